The molecular weight excluding hydrogens is 262 g/mol. The number of tetrazole rings is 1. The Morgan fingerprint density at radius 1 is 1.30 bits per heavy atom. The van der Waals surface area contributed by atoms with Crippen LogP contribution in [0.5, 0.6) is 11.5 Å². The highest BCUT2D eigenvalue weighted by Crippen LogP contribution is 2.30. The van der Waals surface area contributed by atoms with E-state index >= 15 is 0 Å². The van der Waals surface area contributed by atoms with Gasteiger partial charge in [0.1, 0.15) is 0 Å². The molecule has 0 aliphatic carbocycles. The van der Waals surface area contributed by atoms with Crippen LogP contribution in [0.2, 0.25) is 0 Å². The number of nitrogens with one attached hydrogen (secondary N) is 2. The van der Waals surface area contributed by atoms with Crippen molar-refractivity contribution in [3.8, 4) is 11.5 Å². The number of ether oxygens (including phenoxy) is 2. The van der Waals surface area contributed by atoms with Crippen molar-refractivity contribution in [3.63, 3.8) is 0 Å². The Morgan fingerprint density at radius 2 is 2.15 bits per heavy atom. The molecular formula is C12H13N5O3. The second-order valence-corrected chi connectivity index (χ2v) is 4.22. The second-order valence-electron chi connectivity index (χ2n) is 4.22. The van der Waals surface area contributed by atoms with Crippen LogP contribution in [-0.4, -0.2) is 39.7 Å². The maximum Gasteiger partial charge on any atom is 0.251 e. The van der Waals surface area contributed by atoms with Crippen LogP contribution in [-0.2, 0) is 6.54 Å². The third-order valence-corrected chi connectivity index (χ3v) is 2.81. The van der Waals surface area contributed by atoms with Crippen LogP contribution in [0.3, 0.4) is 0 Å². The van der Waals surface area contributed by atoms with Crippen LogP contribution in [0.25, 0.3) is 0 Å². The van der Waals surface area contributed by atoms with Gasteiger partial charge in [0.15, 0.2) is 17.3 Å². The van der Waals surface area contributed by atoms with E-state index < -0.39 is 0 Å². The van der Waals surface area contributed by atoms with Crippen molar-refractivity contribution in [1.82, 2.24) is 25.9 Å². The molecule has 8 nitrogen and oxygen atoms in total. The van der Waals surface area contributed by atoms with Crippen LogP contribution in [0.1, 0.15) is 22.6 Å². The number of aromatic amines is 1. The lowest BCUT2D eigenvalue weighted by Gasteiger charge is -2.09. The average Bonchev–Trinajstić information content (AvgIpc) is 2.88. The first-order chi connectivity index (χ1) is 9.83. The minimum absolute atomic E-state index is 0.212. The summed E-state index contributed by atoms with van der Waals surface area (Å²) in [4.78, 5) is 12.0. The Balaban J connectivity index is 1.70. The molecule has 0 bridgehead atoms. The number of amides is 1. The lowest BCUT2D eigenvalue weighted by molar-refractivity contribution is 0.0949. The number of benzene rings is 1. The molecule has 20 heavy (non-hydrogen) atoms. The zero-order valence-corrected chi connectivity index (χ0v) is 10.6. The van der Waals surface area contributed by atoms with Crippen molar-refractivity contribution in [2.24, 2.45) is 0 Å². The molecule has 0 atom stereocenters. The first-order valence-corrected chi connectivity index (χ1v) is 6.23. The monoisotopic (exact) mass is 275 g/mol. The SMILES string of the molecule is O=C(NCc1nn[nH]n1)c1ccc2c(c1)OCCCO2. The maximum absolute atomic E-state index is 12.0. The van der Waals surface area contributed by atoms with E-state index in [-0.39, 0.29) is 12.5 Å². The smallest absolute Gasteiger partial charge is 0.251 e. The molecule has 1 aliphatic rings. The van der Waals surface area contributed by atoms with E-state index in [1.54, 1.807) is 18.2 Å². The molecule has 8 heteroatoms. The van der Waals surface area contributed by atoms with Gasteiger partial charge in [-0.05, 0) is 18.2 Å². The highest BCUT2D eigenvalue weighted by atomic mass is 16.5. The minimum Gasteiger partial charge on any atom is -0.490 e. The largest absolute Gasteiger partial charge is 0.490 e. The fourth-order valence-electron chi connectivity index (χ4n) is 1.82. The number of H-pyrrole nitrogens is 1. The molecule has 1 aromatic heterocycles. The number of fused-ring (bicyclic) bond motifs is 1. The zero-order valence-electron chi connectivity index (χ0n) is 10.6. The van der Waals surface area contributed by atoms with Crippen molar-refractivity contribution in [2.75, 3.05) is 13.2 Å². The summed E-state index contributed by atoms with van der Waals surface area (Å²) in [6.45, 7) is 1.42. The summed E-state index contributed by atoms with van der Waals surface area (Å²) in [6, 6.07) is 5.11. The number of carbonyl (C=O) groups is 1. The molecule has 1 amide bonds. The van der Waals surface area contributed by atoms with Gasteiger partial charge in [-0.1, -0.05) is 5.21 Å². The van der Waals surface area contributed by atoms with Crippen molar-refractivity contribution in [1.29, 1.82) is 0 Å². The van der Waals surface area contributed by atoms with E-state index in [1.807, 2.05) is 0 Å². The van der Waals surface area contributed by atoms with Crippen LogP contribution in [0.15, 0.2) is 18.2 Å². The van der Waals surface area contributed by atoms with Gasteiger partial charge >= 0.3 is 0 Å². The molecule has 3 rings (SSSR count). The van der Waals surface area contributed by atoms with Gasteiger partial charge in [0, 0.05) is 12.0 Å². The van der Waals surface area contributed by atoms with Crippen molar-refractivity contribution >= 4 is 5.91 Å². The fourth-order valence-corrected chi connectivity index (χ4v) is 1.82. The molecule has 0 unspecified atom stereocenters. The molecule has 0 fully saturated rings. The molecule has 2 aromatic rings. The molecule has 0 saturated carbocycles. The number of carbonyl (C=O) groups excluding carboxylic acids is 1. The normalized spacial score (nSPS) is 13.6. The van der Waals surface area contributed by atoms with E-state index in [0.717, 1.165) is 6.42 Å². The van der Waals surface area contributed by atoms with Gasteiger partial charge in [0.05, 0.1) is 19.8 Å². The van der Waals surface area contributed by atoms with E-state index in [2.05, 4.69) is 25.9 Å². The van der Waals surface area contributed by atoms with Gasteiger partial charge in [-0.25, -0.2) is 0 Å². The quantitative estimate of drug-likeness (QED) is 0.834. The van der Waals surface area contributed by atoms with E-state index in [1.165, 1.54) is 0 Å². The van der Waals surface area contributed by atoms with Crippen LogP contribution in [0.4, 0.5) is 0 Å². The number of hydrogen-bond acceptors (Lipinski definition) is 6. The Morgan fingerprint density at radius 3 is 2.95 bits per heavy atom. The van der Waals surface area contributed by atoms with Gasteiger partial charge in [0.2, 0.25) is 0 Å². The molecule has 0 spiro atoms. The predicted octanol–water partition coefficient (Wildman–Crippen LogP) is 0.291. The molecule has 1 aliphatic heterocycles. The summed E-state index contributed by atoms with van der Waals surface area (Å²) in [6.07, 6.45) is 0.827. The summed E-state index contributed by atoms with van der Waals surface area (Å²) < 4.78 is 11.1. The highest BCUT2D eigenvalue weighted by Gasteiger charge is 2.14. The first-order valence-electron chi connectivity index (χ1n) is 6.23. The Labute approximate surface area is 114 Å². The number of rotatable bonds is 3. The highest BCUT2D eigenvalue weighted by molar-refractivity contribution is 5.94. The van der Waals surface area contributed by atoms with Gasteiger partial charge in [-0.3, -0.25) is 4.79 Å². The Hall–Kier alpha value is -2.64. The Kier molecular flexibility index (Phi) is 3.44. The third kappa shape index (κ3) is 2.68. The summed E-state index contributed by atoms with van der Waals surface area (Å²) in [5.41, 5.74) is 0.498. The Bertz CT molecular complexity index is 599. The number of hydrogen-bond donors (Lipinski definition) is 2. The zero-order chi connectivity index (χ0) is 13.8. The maximum atomic E-state index is 12.0. The minimum atomic E-state index is -0.231. The van der Waals surface area contributed by atoms with Gasteiger partial charge in [-0.15, -0.1) is 10.2 Å². The predicted molar refractivity (Wildman–Crippen MR) is 67.4 cm³/mol. The number of aromatic nitrogens is 4. The van der Waals surface area contributed by atoms with Crippen molar-refractivity contribution in [3.05, 3.63) is 29.6 Å². The van der Waals surface area contributed by atoms with Gasteiger partial charge in [-0.2, -0.15) is 5.21 Å². The molecule has 0 radical (unpaired) electrons. The lowest BCUT2D eigenvalue weighted by Crippen LogP contribution is -2.23. The van der Waals surface area contributed by atoms with E-state index in [9.17, 15) is 4.79 Å². The average molecular weight is 275 g/mol. The van der Waals surface area contributed by atoms with Crippen molar-refractivity contribution < 1.29 is 14.3 Å². The first kappa shape index (κ1) is 12.4. The fraction of sp³-hybridized carbons (Fsp3) is 0.333. The summed E-state index contributed by atoms with van der Waals surface area (Å²) in [7, 11) is 0. The molecule has 104 valence electrons. The van der Waals surface area contributed by atoms with Crippen LogP contribution < -0.4 is 14.8 Å². The topological polar surface area (TPSA) is 102 Å². The lowest BCUT2D eigenvalue weighted by atomic mass is 10.2. The van der Waals surface area contributed by atoms with Crippen LogP contribution in [0, 0.1) is 0 Å². The van der Waals surface area contributed by atoms with E-state index in [0.29, 0.717) is 36.1 Å². The molecule has 2 N–H and O–H groups in total. The summed E-state index contributed by atoms with van der Waals surface area (Å²) >= 11 is 0. The standard InChI is InChI=1S/C12H13N5O3/c18-12(13-7-11-14-16-17-15-11)8-2-3-9-10(6-8)20-5-1-4-19-9/h2-3,6H,1,4-5,7H2,(H,13,18)(H,14,15,16,17). The van der Waals surface area contributed by atoms with E-state index in [4.69, 9.17) is 9.47 Å². The van der Waals surface area contributed by atoms with Crippen LogP contribution >= 0.6 is 0 Å². The van der Waals surface area contributed by atoms with Gasteiger partial charge < -0.3 is 14.8 Å². The molecule has 2 heterocycles. The number of nitrogens with zero attached hydrogens (tertiary/aromatic N) is 3. The second kappa shape index (κ2) is 5.55. The third-order valence-electron chi connectivity index (χ3n) is 2.81. The van der Waals surface area contributed by atoms with Crippen molar-refractivity contribution in [2.45, 2.75) is 13.0 Å². The summed E-state index contributed by atoms with van der Waals surface area (Å²) in [5, 5.41) is 16.0. The molecule has 1 aromatic carbocycles. The van der Waals surface area contributed by atoms with Gasteiger partial charge in [0.25, 0.3) is 5.91 Å². The summed E-state index contributed by atoms with van der Waals surface area (Å²) in [5.74, 6) is 1.45. The molecule has 0 saturated heterocycles.